The number of hydrogen-bond donors (Lipinski definition) is 0. The molecule has 0 heterocycles. The van der Waals surface area contributed by atoms with Gasteiger partial charge >= 0.3 is 0 Å². The lowest BCUT2D eigenvalue weighted by Crippen LogP contribution is -2.35. The molecule has 3 nitrogen and oxygen atoms in total. The maximum atomic E-state index is 11.5. The van der Waals surface area contributed by atoms with E-state index < -0.39 is 5.54 Å². The Morgan fingerprint density at radius 2 is 2.00 bits per heavy atom. The van der Waals surface area contributed by atoms with Crippen LogP contribution in [0.25, 0.3) is 0 Å². The number of hydroxylamine groups is 1. The van der Waals surface area contributed by atoms with Crippen molar-refractivity contribution in [2.75, 3.05) is 0 Å². The van der Waals surface area contributed by atoms with Crippen LogP contribution < -0.4 is 0 Å². The van der Waals surface area contributed by atoms with Gasteiger partial charge in [-0.25, -0.2) is 0 Å². The second-order valence-corrected chi connectivity index (χ2v) is 4.06. The predicted octanol–water partition coefficient (Wildman–Crippen LogP) is 2.11. The standard InChI is InChI=1S/C12H14N2O/c1-12(2,14(15)9-8-13)10-11-6-4-3-5-7-11/h3-7,9H,10H2,1-2H3/b14-9-. The van der Waals surface area contributed by atoms with Crippen molar-refractivity contribution in [3.63, 3.8) is 0 Å². The van der Waals surface area contributed by atoms with Crippen molar-refractivity contribution in [3.05, 3.63) is 41.1 Å². The molecule has 0 aliphatic heterocycles. The van der Waals surface area contributed by atoms with E-state index in [4.69, 9.17) is 5.26 Å². The molecule has 0 radical (unpaired) electrons. The molecule has 0 amide bonds. The monoisotopic (exact) mass is 202 g/mol. The Morgan fingerprint density at radius 3 is 2.53 bits per heavy atom. The zero-order chi connectivity index (χ0) is 11.3. The van der Waals surface area contributed by atoms with Gasteiger partial charge in [0.1, 0.15) is 0 Å². The van der Waals surface area contributed by atoms with Gasteiger partial charge in [-0.05, 0) is 5.56 Å². The van der Waals surface area contributed by atoms with Gasteiger partial charge in [-0.15, -0.1) is 0 Å². The van der Waals surface area contributed by atoms with E-state index in [-0.39, 0.29) is 0 Å². The molecule has 0 atom stereocenters. The lowest BCUT2D eigenvalue weighted by atomic mass is 9.95. The second kappa shape index (κ2) is 4.61. The number of nitriles is 1. The van der Waals surface area contributed by atoms with Crippen molar-refractivity contribution in [2.45, 2.75) is 25.8 Å². The summed E-state index contributed by atoms with van der Waals surface area (Å²) in [5.74, 6) is 0. The molecule has 0 spiro atoms. The lowest BCUT2D eigenvalue weighted by Gasteiger charge is -2.23. The summed E-state index contributed by atoms with van der Waals surface area (Å²) in [6, 6.07) is 11.5. The lowest BCUT2D eigenvalue weighted by molar-refractivity contribution is -0.535. The quantitative estimate of drug-likeness (QED) is 0.326. The molecule has 0 aliphatic carbocycles. The minimum Gasteiger partial charge on any atom is -0.623 e. The predicted molar refractivity (Wildman–Crippen MR) is 59.5 cm³/mol. The summed E-state index contributed by atoms with van der Waals surface area (Å²) in [7, 11) is 0. The second-order valence-electron chi connectivity index (χ2n) is 4.06. The fourth-order valence-corrected chi connectivity index (χ4v) is 1.40. The molecular formula is C12H14N2O. The van der Waals surface area contributed by atoms with Crippen molar-refractivity contribution >= 4 is 6.21 Å². The average Bonchev–Trinajstić information content (AvgIpc) is 2.19. The van der Waals surface area contributed by atoms with Gasteiger partial charge in [-0.1, -0.05) is 30.3 Å². The number of rotatable bonds is 3. The third-order valence-corrected chi connectivity index (χ3v) is 2.25. The summed E-state index contributed by atoms with van der Waals surface area (Å²) in [6.45, 7) is 3.64. The molecule has 0 fully saturated rings. The molecule has 0 aromatic heterocycles. The van der Waals surface area contributed by atoms with Crippen LogP contribution in [0.5, 0.6) is 0 Å². The van der Waals surface area contributed by atoms with E-state index in [0.29, 0.717) is 11.2 Å². The first-order valence-electron chi connectivity index (χ1n) is 4.79. The molecule has 1 aromatic carbocycles. The Hall–Kier alpha value is -1.82. The van der Waals surface area contributed by atoms with E-state index >= 15 is 0 Å². The van der Waals surface area contributed by atoms with Crippen molar-refractivity contribution < 1.29 is 4.74 Å². The van der Waals surface area contributed by atoms with Gasteiger partial charge in [-0.3, -0.25) is 0 Å². The fourth-order valence-electron chi connectivity index (χ4n) is 1.40. The number of nitrogens with zero attached hydrogens (tertiary/aromatic N) is 2. The molecule has 0 saturated heterocycles. The maximum Gasteiger partial charge on any atom is 0.253 e. The van der Waals surface area contributed by atoms with Crippen molar-refractivity contribution in [1.29, 1.82) is 5.26 Å². The average molecular weight is 202 g/mol. The maximum absolute atomic E-state index is 11.5. The van der Waals surface area contributed by atoms with E-state index in [9.17, 15) is 5.21 Å². The molecule has 1 rings (SSSR count). The van der Waals surface area contributed by atoms with Crippen LogP contribution in [0.1, 0.15) is 19.4 Å². The summed E-state index contributed by atoms with van der Waals surface area (Å²) in [6.07, 6.45) is 1.62. The van der Waals surface area contributed by atoms with E-state index in [0.717, 1.165) is 11.8 Å². The highest BCUT2D eigenvalue weighted by Crippen LogP contribution is 2.15. The Kier molecular flexibility index (Phi) is 3.46. The van der Waals surface area contributed by atoms with E-state index in [2.05, 4.69) is 0 Å². The third kappa shape index (κ3) is 3.10. The zero-order valence-electron chi connectivity index (χ0n) is 8.97. The van der Waals surface area contributed by atoms with Crippen LogP contribution in [0.3, 0.4) is 0 Å². The molecule has 1 aromatic rings. The first-order chi connectivity index (χ1) is 7.06. The van der Waals surface area contributed by atoms with Gasteiger partial charge < -0.3 is 5.21 Å². The Labute approximate surface area is 89.9 Å². The van der Waals surface area contributed by atoms with Crippen LogP contribution in [-0.2, 0) is 6.42 Å². The summed E-state index contributed by atoms with van der Waals surface area (Å²) in [4.78, 5) is 0. The zero-order valence-corrected chi connectivity index (χ0v) is 8.97. The molecule has 15 heavy (non-hydrogen) atoms. The van der Waals surface area contributed by atoms with Crippen LogP contribution in [0.15, 0.2) is 30.3 Å². The highest BCUT2D eigenvalue weighted by molar-refractivity contribution is 5.70. The molecule has 0 N–H and O–H groups in total. The first kappa shape index (κ1) is 11.3. The van der Waals surface area contributed by atoms with Gasteiger partial charge in [0.2, 0.25) is 0 Å². The third-order valence-electron chi connectivity index (χ3n) is 2.25. The van der Waals surface area contributed by atoms with Crippen LogP contribution in [0.4, 0.5) is 0 Å². The highest BCUT2D eigenvalue weighted by Gasteiger charge is 2.26. The molecule has 0 saturated carbocycles. The van der Waals surface area contributed by atoms with Gasteiger partial charge in [-0.2, -0.15) is 10.0 Å². The van der Waals surface area contributed by atoms with Gasteiger partial charge in [0.05, 0.1) is 0 Å². The minimum absolute atomic E-state index is 0.586. The summed E-state index contributed by atoms with van der Waals surface area (Å²) in [5, 5.41) is 19.9. The molecule has 78 valence electrons. The van der Waals surface area contributed by atoms with Crippen molar-refractivity contribution in [1.82, 2.24) is 0 Å². The first-order valence-corrected chi connectivity index (χ1v) is 4.79. The van der Waals surface area contributed by atoms with Gasteiger partial charge in [0.15, 0.2) is 11.6 Å². The SMILES string of the molecule is CC(C)(Cc1ccccc1)/[N+]([O-])=C/C#N. The summed E-state index contributed by atoms with van der Waals surface area (Å²) < 4.78 is 0.708. The normalized spacial score (nSPS) is 12.2. The summed E-state index contributed by atoms with van der Waals surface area (Å²) >= 11 is 0. The van der Waals surface area contributed by atoms with Crippen LogP contribution in [0.2, 0.25) is 0 Å². The Balaban J connectivity index is 2.82. The van der Waals surface area contributed by atoms with E-state index in [1.165, 1.54) is 0 Å². The van der Waals surface area contributed by atoms with Crippen LogP contribution in [-0.4, -0.2) is 16.5 Å². The van der Waals surface area contributed by atoms with Crippen LogP contribution in [0, 0.1) is 16.5 Å². The molecule has 0 aliphatic rings. The van der Waals surface area contributed by atoms with Crippen LogP contribution >= 0.6 is 0 Å². The largest absolute Gasteiger partial charge is 0.623 e. The van der Waals surface area contributed by atoms with E-state index in [1.807, 2.05) is 44.2 Å². The van der Waals surface area contributed by atoms with E-state index in [1.54, 1.807) is 6.07 Å². The van der Waals surface area contributed by atoms with Gasteiger partial charge in [0.25, 0.3) is 6.21 Å². The minimum atomic E-state index is -0.586. The number of benzene rings is 1. The highest BCUT2D eigenvalue weighted by atomic mass is 16.5. The Bertz CT molecular complexity index is 388. The van der Waals surface area contributed by atoms with Crippen molar-refractivity contribution in [2.24, 2.45) is 0 Å². The summed E-state index contributed by atoms with van der Waals surface area (Å²) in [5.41, 5.74) is 0.506. The van der Waals surface area contributed by atoms with Gasteiger partial charge in [0, 0.05) is 20.3 Å². The molecule has 0 bridgehead atoms. The van der Waals surface area contributed by atoms with Crippen molar-refractivity contribution in [3.8, 4) is 6.07 Å². The number of hydrogen-bond acceptors (Lipinski definition) is 2. The fraction of sp³-hybridized carbons (Fsp3) is 0.333. The molecule has 0 unspecified atom stereocenters. The smallest absolute Gasteiger partial charge is 0.253 e. The Morgan fingerprint density at radius 1 is 1.40 bits per heavy atom. The molecule has 3 heteroatoms. The molecular weight excluding hydrogens is 188 g/mol. The topological polar surface area (TPSA) is 49.9 Å².